The van der Waals surface area contributed by atoms with Crippen LogP contribution < -0.4 is 22.9 Å². The maximum Gasteiger partial charge on any atom is 0.186 e. The molecule has 0 bridgehead atoms. The fourth-order valence-corrected chi connectivity index (χ4v) is 6.89. The first-order valence-electron chi connectivity index (χ1n) is 14.9. The van der Waals surface area contributed by atoms with Crippen molar-refractivity contribution in [1.82, 2.24) is 0 Å². The van der Waals surface area contributed by atoms with Gasteiger partial charge >= 0.3 is 0 Å². The van der Waals surface area contributed by atoms with Crippen molar-refractivity contribution in [2.24, 2.45) is 22.9 Å². The van der Waals surface area contributed by atoms with Gasteiger partial charge in [0.05, 0.1) is 6.61 Å². The first-order chi connectivity index (χ1) is 20.2. The molecule has 0 aromatic heterocycles. The van der Waals surface area contributed by atoms with Crippen LogP contribution in [0, 0.1) is 0 Å². The van der Waals surface area contributed by atoms with Crippen molar-refractivity contribution in [3.8, 4) is 0 Å². The van der Waals surface area contributed by atoms with Gasteiger partial charge in [-0.3, -0.25) is 0 Å². The van der Waals surface area contributed by atoms with E-state index in [0.717, 1.165) is 71.7 Å². The Morgan fingerprint density at radius 3 is 1.39 bits per heavy atom. The highest BCUT2D eigenvalue weighted by molar-refractivity contribution is 7.99. The largest absolute Gasteiger partial charge is 0.379 e. The Bertz CT molecular complexity index is 568. The molecule has 1 heterocycles. The zero-order valence-electron chi connectivity index (χ0n) is 25.1. The Labute approximate surface area is 266 Å². The summed E-state index contributed by atoms with van der Waals surface area (Å²) >= 11 is 7.38. The zero-order valence-corrected chi connectivity index (χ0v) is 28.4. The Morgan fingerprint density at radius 2 is 0.951 bits per heavy atom. The highest BCUT2D eigenvalue weighted by Crippen LogP contribution is 2.30. The van der Waals surface area contributed by atoms with Crippen molar-refractivity contribution >= 4 is 47.0 Å². The highest BCUT2D eigenvalue weighted by Gasteiger charge is 2.48. The monoisotopic (exact) mass is 662 g/mol. The third kappa shape index (κ3) is 19.9. The van der Waals surface area contributed by atoms with Crippen molar-refractivity contribution in [2.45, 2.75) is 56.4 Å². The third-order valence-electron chi connectivity index (χ3n) is 5.96. The molecule has 0 amide bonds. The van der Waals surface area contributed by atoms with Crippen molar-refractivity contribution < 1.29 is 28.4 Å². The molecule has 1 aliphatic rings. The molecule has 0 aromatic carbocycles. The minimum atomic E-state index is -0.572. The number of thioether (sulfide) groups is 4. The summed E-state index contributed by atoms with van der Waals surface area (Å²) in [5.74, 6) is 7.84. The second-order valence-electron chi connectivity index (χ2n) is 9.38. The first-order valence-corrected chi connectivity index (χ1v) is 19.6. The molecule has 10 nitrogen and oxygen atoms in total. The lowest BCUT2D eigenvalue weighted by atomic mass is 9.98. The lowest BCUT2D eigenvalue weighted by molar-refractivity contribution is -0.318. The van der Waals surface area contributed by atoms with E-state index in [1.807, 2.05) is 47.0 Å². The lowest BCUT2D eigenvalue weighted by Crippen LogP contribution is -2.62. The van der Waals surface area contributed by atoms with Gasteiger partial charge in [-0.2, -0.15) is 47.0 Å². The molecular weight excluding hydrogens is 605 g/mol. The fourth-order valence-electron chi connectivity index (χ4n) is 4.11. The summed E-state index contributed by atoms with van der Waals surface area (Å²) in [6.45, 7) is 5.61. The Balaban J connectivity index is 2.88. The van der Waals surface area contributed by atoms with Crippen LogP contribution in [0.3, 0.4) is 0 Å². The number of ether oxygens (including phenoxy) is 6. The number of hydrogen-bond donors (Lipinski definition) is 4. The van der Waals surface area contributed by atoms with E-state index in [1.54, 1.807) is 7.11 Å². The molecule has 1 rings (SSSR count). The van der Waals surface area contributed by atoms with E-state index in [9.17, 15) is 0 Å². The average molecular weight is 663 g/mol. The van der Waals surface area contributed by atoms with Crippen molar-refractivity contribution in [1.29, 1.82) is 0 Å². The summed E-state index contributed by atoms with van der Waals surface area (Å²) in [7, 11) is 1.65. The summed E-state index contributed by atoms with van der Waals surface area (Å²) in [5.41, 5.74) is 22.5. The van der Waals surface area contributed by atoms with Crippen LogP contribution >= 0.6 is 47.0 Å². The number of rotatable bonds is 30. The lowest BCUT2D eigenvalue weighted by Gasteiger charge is -2.45. The summed E-state index contributed by atoms with van der Waals surface area (Å²) in [6, 6.07) is 0. The van der Waals surface area contributed by atoms with E-state index < -0.39 is 12.4 Å². The van der Waals surface area contributed by atoms with E-state index in [-0.39, 0.29) is 18.3 Å². The van der Waals surface area contributed by atoms with E-state index in [2.05, 4.69) is 0 Å². The number of methoxy groups -OCH3 is 1. The minimum Gasteiger partial charge on any atom is -0.379 e. The van der Waals surface area contributed by atoms with Crippen LogP contribution in [0.15, 0.2) is 0 Å². The summed E-state index contributed by atoms with van der Waals surface area (Å²) in [6.07, 6.45) is 1.75. The topological polar surface area (TPSA) is 159 Å². The Morgan fingerprint density at radius 1 is 0.537 bits per heavy atom. The molecule has 0 aromatic rings. The maximum absolute atomic E-state index is 6.54. The number of nitrogens with two attached hydrogens (primary N) is 4. The van der Waals surface area contributed by atoms with Gasteiger partial charge in [0, 0.05) is 82.7 Å². The van der Waals surface area contributed by atoms with Gasteiger partial charge in [0.2, 0.25) is 0 Å². The molecule has 0 radical (unpaired) electrons. The molecule has 0 saturated carbocycles. The predicted molar refractivity (Wildman–Crippen MR) is 180 cm³/mol. The number of hydrogen-bond acceptors (Lipinski definition) is 14. The normalized spacial score (nSPS) is 22.9. The van der Waals surface area contributed by atoms with Crippen LogP contribution in [0.1, 0.15) is 25.7 Å². The molecule has 246 valence electrons. The molecular formula is C27H58N4O6S4. The van der Waals surface area contributed by atoms with E-state index >= 15 is 0 Å². The van der Waals surface area contributed by atoms with Gasteiger partial charge in [-0.15, -0.1) is 0 Å². The molecule has 14 heteroatoms. The molecule has 5 atom stereocenters. The second-order valence-corrected chi connectivity index (χ2v) is 14.3. The van der Waals surface area contributed by atoms with Crippen LogP contribution in [0.2, 0.25) is 0 Å². The fraction of sp³-hybridized carbons (Fsp3) is 1.00. The van der Waals surface area contributed by atoms with Crippen LogP contribution in [-0.4, -0.2) is 143 Å². The molecule has 1 aliphatic heterocycles. The van der Waals surface area contributed by atoms with E-state index in [1.165, 1.54) is 0 Å². The van der Waals surface area contributed by atoms with Crippen LogP contribution in [-0.2, 0) is 28.4 Å². The van der Waals surface area contributed by atoms with Gasteiger partial charge in [0.25, 0.3) is 0 Å². The summed E-state index contributed by atoms with van der Waals surface area (Å²) < 4.78 is 37.8. The van der Waals surface area contributed by atoms with Crippen LogP contribution in [0.4, 0.5) is 0 Å². The standard InChI is InChI=1S/C27H58N4O6S4/c1-32-27-26(36-13-5-17-41-21-9-31)25(35-12-4-16-40-20-8-30)24(34-11-3-15-39-19-7-29)23(37-27)22-33-10-2-14-38-18-6-28/h23-27H,2-22,28-31H2,1H3/t23-,24+,25+,26-,27+/m1/s1. The SMILES string of the molecule is CO[C@H]1O[C@H](COCCCSCCN)[C@H](OCCCSCCN)[C@H](OCCCSCCN)[C@H]1OCCCSCCN. The molecule has 1 saturated heterocycles. The predicted octanol–water partition coefficient (Wildman–Crippen LogP) is 1.86. The second kappa shape index (κ2) is 29.7. The molecule has 0 unspecified atom stereocenters. The van der Waals surface area contributed by atoms with E-state index in [0.29, 0.717) is 59.2 Å². The van der Waals surface area contributed by atoms with Gasteiger partial charge in [0.1, 0.15) is 24.4 Å². The molecule has 8 N–H and O–H groups in total. The Kier molecular flexibility index (Phi) is 29.0. The quantitative estimate of drug-likeness (QED) is 0.0826. The van der Waals surface area contributed by atoms with Gasteiger partial charge in [-0.1, -0.05) is 0 Å². The first kappa shape index (κ1) is 40.0. The highest BCUT2D eigenvalue weighted by atomic mass is 32.2. The molecule has 41 heavy (non-hydrogen) atoms. The molecule has 0 spiro atoms. The Hall–Kier alpha value is 1.00. The molecule has 1 fully saturated rings. The average Bonchev–Trinajstić information content (AvgIpc) is 2.98. The zero-order chi connectivity index (χ0) is 29.8. The maximum atomic E-state index is 6.54. The van der Waals surface area contributed by atoms with Gasteiger partial charge in [-0.25, -0.2) is 0 Å². The summed E-state index contributed by atoms with van der Waals surface area (Å²) in [5, 5.41) is 0. The van der Waals surface area contributed by atoms with Gasteiger partial charge < -0.3 is 51.4 Å². The molecule has 0 aliphatic carbocycles. The minimum absolute atomic E-state index is 0.329. The van der Waals surface area contributed by atoms with Crippen LogP contribution in [0.5, 0.6) is 0 Å². The third-order valence-corrected chi connectivity index (χ3v) is 10.4. The van der Waals surface area contributed by atoms with Crippen LogP contribution in [0.25, 0.3) is 0 Å². The van der Waals surface area contributed by atoms with Crippen molar-refractivity contribution in [3.63, 3.8) is 0 Å². The van der Waals surface area contributed by atoms with Crippen molar-refractivity contribution in [3.05, 3.63) is 0 Å². The summed E-state index contributed by atoms with van der Waals surface area (Å²) in [4.78, 5) is 0. The van der Waals surface area contributed by atoms with Gasteiger partial charge in [-0.05, 0) is 48.7 Å². The van der Waals surface area contributed by atoms with Gasteiger partial charge in [0.15, 0.2) is 6.29 Å². The smallest absolute Gasteiger partial charge is 0.186 e. The van der Waals surface area contributed by atoms with Crippen molar-refractivity contribution in [2.75, 3.05) is 112 Å². The van der Waals surface area contributed by atoms with E-state index in [4.69, 9.17) is 51.4 Å².